The summed E-state index contributed by atoms with van der Waals surface area (Å²) in [5, 5.41) is 0. The molecule has 0 saturated heterocycles. The van der Waals surface area contributed by atoms with Gasteiger partial charge in [-0.2, -0.15) is 0 Å². The van der Waals surface area contributed by atoms with Crippen molar-refractivity contribution in [3.63, 3.8) is 0 Å². The first-order valence-corrected chi connectivity index (χ1v) is 4.98. The number of hydrogen-bond acceptors (Lipinski definition) is 5. The van der Waals surface area contributed by atoms with Crippen LogP contribution in [0.1, 0.15) is 27.6 Å². The van der Waals surface area contributed by atoms with Crippen molar-refractivity contribution in [3.8, 4) is 0 Å². The third-order valence-electron chi connectivity index (χ3n) is 2.15. The second-order valence-electron chi connectivity index (χ2n) is 3.23. The maximum atomic E-state index is 11.8. The van der Waals surface area contributed by atoms with E-state index in [0.717, 1.165) is 7.11 Å². The maximum Gasteiger partial charge on any atom is 0.344 e. The van der Waals surface area contributed by atoms with Crippen LogP contribution in [0.3, 0.4) is 0 Å². The fourth-order valence-corrected chi connectivity index (χ4v) is 1.31. The van der Waals surface area contributed by atoms with E-state index in [1.165, 1.54) is 23.9 Å². The molecule has 0 bridgehead atoms. The van der Waals surface area contributed by atoms with Crippen molar-refractivity contribution >= 4 is 11.9 Å². The average Bonchev–Trinajstić information content (AvgIpc) is 2.31. The van der Waals surface area contributed by atoms with E-state index in [1.807, 2.05) is 0 Å². The van der Waals surface area contributed by atoms with Gasteiger partial charge in [-0.15, -0.1) is 0 Å². The van der Waals surface area contributed by atoms with Crippen LogP contribution in [-0.4, -0.2) is 30.2 Å². The van der Waals surface area contributed by atoms with Crippen LogP contribution in [0.2, 0.25) is 0 Å². The van der Waals surface area contributed by atoms with Crippen molar-refractivity contribution < 1.29 is 19.1 Å². The molecule has 0 saturated carbocycles. The highest BCUT2D eigenvalue weighted by Crippen LogP contribution is 2.07. The van der Waals surface area contributed by atoms with Crippen LogP contribution in [0.25, 0.3) is 0 Å². The van der Waals surface area contributed by atoms with Crippen LogP contribution in [0.5, 0.6) is 0 Å². The summed E-state index contributed by atoms with van der Waals surface area (Å²) in [4.78, 5) is 34.8. The van der Waals surface area contributed by atoms with E-state index in [9.17, 15) is 14.4 Å². The van der Waals surface area contributed by atoms with Gasteiger partial charge in [0.05, 0.1) is 19.3 Å². The van der Waals surface area contributed by atoms with Crippen LogP contribution in [0.4, 0.5) is 0 Å². The summed E-state index contributed by atoms with van der Waals surface area (Å²) in [6.45, 7) is 1.80. The van der Waals surface area contributed by atoms with Crippen molar-refractivity contribution in [2.45, 2.75) is 6.92 Å². The molecule has 0 aliphatic carbocycles. The molecular weight excluding hydrogens is 226 g/mol. The molecule has 0 unspecified atom stereocenters. The Morgan fingerprint density at radius 1 is 1.35 bits per heavy atom. The molecule has 1 heterocycles. The van der Waals surface area contributed by atoms with Crippen LogP contribution in [0.15, 0.2) is 17.1 Å². The number of aryl methyl sites for hydroxylation is 1. The van der Waals surface area contributed by atoms with Gasteiger partial charge in [0.2, 0.25) is 0 Å². The molecule has 0 aliphatic heterocycles. The summed E-state index contributed by atoms with van der Waals surface area (Å²) in [7, 11) is 2.62. The molecule has 0 amide bonds. The fraction of sp³-hybridized carbons (Fsp3) is 0.364. The average molecular weight is 239 g/mol. The van der Waals surface area contributed by atoms with Crippen LogP contribution >= 0.6 is 0 Å². The standard InChI is InChI=1S/C11H13NO5/c1-4-17-10(14)7-5-6-12(2)9(13)8(7)11(15)16-3/h5-6H,4H2,1-3H3. The molecule has 0 radical (unpaired) electrons. The van der Waals surface area contributed by atoms with E-state index in [4.69, 9.17) is 4.74 Å². The summed E-state index contributed by atoms with van der Waals surface area (Å²) in [6, 6.07) is 1.35. The number of aromatic nitrogens is 1. The van der Waals surface area contributed by atoms with Crippen LogP contribution in [0, 0.1) is 0 Å². The van der Waals surface area contributed by atoms with Gasteiger partial charge in [-0.1, -0.05) is 0 Å². The molecule has 1 aromatic rings. The molecule has 6 nitrogen and oxygen atoms in total. The minimum absolute atomic E-state index is 0.0817. The van der Waals surface area contributed by atoms with Gasteiger partial charge in [0.15, 0.2) is 0 Å². The molecule has 92 valence electrons. The van der Waals surface area contributed by atoms with E-state index >= 15 is 0 Å². The van der Waals surface area contributed by atoms with E-state index in [1.54, 1.807) is 6.92 Å². The van der Waals surface area contributed by atoms with E-state index in [0.29, 0.717) is 0 Å². The Bertz CT molecular complexity index is 503. The fourth-order valence-electron chi connectivity index (χ4n) is 1.31. The molecule has 0 aromatic carbocycles. The van der Waals surface area contributed by atoms with Gasteiger partial charge in [-0.3, -0.25) is 4.79 Å². The zero-order valence-electron chi connectivity index (χ0n) is 9.85. The zero-order valence-corrected chi connectivity index (χ0v) is 9.85. The summed E-state index contributed by atoms with van der Waals surface area (Å²) >= 11 is 0. The van der Waals surface area contributed by atoms with Gasteiger partial charge in [-0.05, 0) is 13.0 Å². The van der Waals surface area contributed by atoms with Gasteiger partial charge < -0.3 is 14.0 Å². The molecule has 0 aliphatic rings. The SMILES string of the molecule is CCOC(=O)c1ccn(C)c(=O)c1C(=O)OC. The highest BCUT2D eigenvalue weighted by atomic mass is 16.5. The number of pyridine rings is 1. The van der Waals surface area contributed by atoms with Crippen LogP contribution < -0.4 is 5.56 Å². The Morgan fingerprint density at radius 3 is 2.53 bits per heavy atom. The van der Waals surface area contributed by atoms with Crippen molar-refractivity contribution in [1.29, 1.82) is 0 Å². The molecule has 17 heavy (non-hydrogen) atoms. The summed E-state index contributed by atoms with van der Waals surface area (Å²) < 4.78 is 10.4. The summed E-state index contributed by atoms with van der Waals surface area (Å²) in [5.74, 6) is -1.57. The lowest BCUT2D eigenvalue weighted by molar-refractivity contribution is 0.0502. The van der Waals surface area contributed by atoms with Gasteiger partial charge >= 0.3 is 11.9 Å². The topological polar surface area (TPSA) is 74.6 Å². The molecule has 6 heteroatoms. The van der Waals surface area contributed by atoms with Crippen molar-refractivity contribution in [2.75, 3.05) is 13.7 Å². The molecule has 0 fully saturated rings. The lowest BCUT2D eigenvalue weighted by atomic mass is 10.1. The minimum atomic E-state index is -0.853. The number of hydrogen-bond donors (Lipinski definition) is 0. The monoisotopic (exact) mass is 239 g/mol. The zero-order chi connectivity index (χ0) is 13.0. The number of methoxy groups -OCH3 is 1. The number of ether oxygens (including phenoxy) is 2. The Kier molecular flexibility index (Phi) is 4.03. The second-order valence-corrected chi connectivity index (χ2v) is 3.23. The predicted molar refractivity (Wildman–Crippen MR) is 59.0 cm³/mol. The minimum Gasteiger partial charge on any atom is -0.465 e. The van der Waals surface area contributed by atoms with Crippen molar-refractivity contribution in [2.24, 2.45) is 7.05 Å². The molecule has 0 spiro atoms. The number of rotatable bonds is 3. The number of nitrogens with zero attached hydrogens (tertiary/aromatic N) is 1. The molecule has 0 N–H and O–H groups in total. The Labute approximate surface area is 97.8 Å². The largest absolute Gasteiger partial charge is 0.465 e. The third kappa shape index (κ3) is 2.52. The molecule has 1 aromatic heterocycles. The van der Waals surface area contributed by atoms with Gasteiger partial charge in [0.25, 0.3) is 5.56 Å². The number of carbonyl (C=O) groups is 2. The third-order valence-corrected chi connectivity index (χ3v) is 2.15. The normalized spacial score (nSPS) is 9.82. The quantitative estimate of drug-likeness (QED) is 0.711. The lowest BCUT2D eigenvalue weighted by Gasteiger charge is -2.08. The molecular formula is C11H13NO5. The van der Waals surface area contributed by atoms with Gasteiger partial charge in [-0.25, -0.2) is 9.59 Å². The van der Waals surface area contributed by atoms with Crippen LogP contribution in [-0.2, 0) is 16.5 Å². The first-order valence-electron chi connectivity index (χ1n) is 4.98. The highest BCUT2D eigenvalue weighted by Gasteiger charge is 2.23. The maximum absolute atomic E-state index is 11.8. The van der Waals surface area contributed by atoms with E-state index < -0.39 is 17.5 Å². The van der Waals surface area contributed by atoms with Crippen molar-refractivity contribution in [3.05, 3.63) is 33.7 Å². The van der Waals surface area contributed by atoms with E-state index in [2.05, 4.69) is 4.74 Å². The Hall–Kier alpha value is -2.11. The summed E-state index contributed by atoms with van der Waals surface area (Å²) in [5.41, 5.74) is -0.986. The first kappa shape index (κ1) is 13.0. The summed E-state index contributed by atoms with van der Waals surface area (Å²) in [6.07, 6.45) is 1.39. The Balaban J connectivity index is 3.40. The number of carbonyl (C=O) groups excluding carboxylic acids is 2. The molecule has 1 rings (SSSR count). The van der Waals surface area contributed by atoms with Gasteiger partial charge in [0, 0.05) is 13.2 Å². The number of esters is 2. The second kappa shape index (κ2) is 5.29. The first-order chi connectivity index (χ1) is 8.02. The van der Waals surface area contributed by atoms with E-state index in [-0.39, 0.29) is 17.7 Å². The van der Waals surface area contributed by atoms with Gasteiger partial charge in [0.1, 0.15) is 5.56 Å². The lowest BCUT2D eigenvalue weighted by Crippen LogP contribution is -2.28. The smallest absolute Gasteiger partial charge is 0.344 e. The molecule has 0 atom stereocenters. The Morgan fingerprint density at radius 2 is 2.00 bits per heavy atom. The van der Waals surface area contributed by atoms with Crippen molar-refractivity contribution in [1.82, 2.24) is 4.57 Å². The predicted octanol–water partition coefficient (Wildman–Crippen LogP) is 0.349. The highest BCUT2D eigenvalue weighted by molar-refractivity contribution is 6.02.